The predicted octanol–water partition coefficient (Wildman–Crippen LogP) is 20.2. The second-order valence-electron chi connectivity index (χ2n) is 19.2. The zero-order valence-electron chi connectivity index (χ0n) is 47.1. The Morgan fingerprint density at radius 2 is 0.562 bits per heavy atom. The van der Waals surface area contributed by atoms with E-state index in [2.05, 4.69) is 154 Å². The molecule has 0 aliphatic rings. The molecule has 0 N–H and O–H groups in total. The van der Waals surface area contributed by atoms with Gasteiger partial charge in [-0.05, 0) is 128 Å². The minimum Gasteiger partial charge on any atom is -0.462 e. The molecule has 0 aromatic carbocycles. The molecule has 6 heteroatoms. The lowest BCUT2D eigenvalue weighted by Gasteiger charge is -2.18. The van der Waals surface area contributed by atoms with Gasteiger partial charge < -0.3 is 14.2 Å². The van der Waals surface area contributed by atoms with Crippen LogP contribution in [0, 0.1) is 0 Å². The van der Waals surface area contributed by atoms with Gasteiger partial charge >= 0.3 is 17.9 Å². The molecule has 0 fully saturated rings. The standard InChI is InChI=1S/C67H108O6/c1-4-7-10-13-16-19-22-24-25-26-27-28-29-30-31-32-33-34-35-36-37-38-39-40-41-43-45-48-51-54-57-60-66(69)72-63-64(62-71-65(68)59-56-53-50-47-44-21-18-15-12-9-6-3)73-67(70)61-58-55-52-49-46-42-23-20-17-14-11-8-5-2/h7,10-11,14-16,18-20,23-25,27-28,30-31,33-34,36-37,39-40,64H,4-6,8-9,12-13,17,21-22,26,29,32,35,38,41-63H2,1-3H3/b10-7-,14-11-,18-15-,19-16-,23-20-,25-24-,28-27-,31-30-,34-33-,37-36-,40-39-. The van der Waals surface area contributed by atoms with Crippen LogP contribution in [-0.4, -0.2) is 37.2 Å². The fourth-order valence-corrected chi connectivity index (χ4v) is 7.65. The van der Waals surface area contributed by atoms with Crippen LogP contribution in [0.25, 0.3) is 0 Å². The maximum Gasteiger partial charge on any atom is 0.306 e. The molecular formula is C67H108O6. The Kier molecular flexibility index (Phi) is 56.4. The van der Waals surface area contributed by atoms with Crippen molar-refractivity contribution in [2.45, 2.75) is 258 Å². The van der Waals surface area contributed by atoms with Gasteiger partial charge in [-0.3, -0.25) is 14.4 Å². The molecule has 6 nitrogen and oxygen atoms in total. The molecule has 0 bridgehead atoms. The van der Waals surface area contributed by atoms with E-state index in [4.69, 9.17) is 14.2 Å². The maximum absolute atomic E-state index is 12.8. The second-order valence-corrected chi connectivity index (χ2v) is 19.2. The van der Waals surface area contributed by atoms with Gasteiger partial charge in [0.1, 0.15) is 13.2 Å². The van der Waals surface area contributed by atoms with Gasteiger partial charge in [0.25, 0.3) is 0 Å². The highest BCUT2D eigenvalue weighted by Crippen LogP contribution is 2.14. The Morgan fingerprint density at radius 1 is 0.288 bits per heavy atom. The van der Waals surface area contributed by atoms with Gasteiger partial charge in [0.15, 0.2) is 6.10 Å². The van der Waals surface area contributed by atoms with Crippen molar-refractivity contribution < 1.29 is 28.6 Å². The molecule has 0 rings (SSSR count). The molecule has 0 saturated heterocycles. The van der Waals surface area contributed by atoms with Gasteiger partial charge in [-0.15, -0.1) is 0 Å². The molecule has 73 heavy (non-hydrogen) atoms. The number of ether oxygens (including phenoxy) is 3. The second kappa shape index (κ2) is 60.1. The number of allylic oxidation sites excluding steroid dienone is 22. The van der Waals surface area contributed by atoms with Crippen molar-refractivity contribution >= 4 is 17.9 Å². The van der Waals surface area contributed by atoms with E-state index in [1.807, 2.05) is 0 Å². The van der Waals surface area contributed by atoms with Gasteiger partial charge in [-0.2, -0.15) is 0 Å². The molecule has 1 unspecified atom stereocenters. The molecule has 1 atom stereocenters. The Hall–Kier alpha value is -4.45. The van der Waals surface area contributed by atoms with Crippen LogP contribution < -0.4 is 0 Å². The summed E-state index contributed by atoms with van der Waals surface area (Å²) in [5.41, 5.74) is 0. The number of esters is 3. The molecule has 0 radical (unpaired) electrons. The average Bonchev–Trinajstić information content (AvgIpc) is 3.39. The number of rotatable bonds is 52. The van der Waals surface area contributed by atoms with Crippen molar-refractivity contribution in [3.05, 3.63) is 134 Å². The van der Waals surface area contributed by atoms with Crippen LogP contribution >= 0.6 is 0 Å². The third kappa shape index (κ3) is 58.3. The smallest absolute Gasteiger partial charge is 0.306 e. The Bertz CT molecular complexity index is 1580. The van der Waals surface area contributed by atoms with Crippen molar-refractivity contribution in [3.63, 3.8) is 0 Å². The highest BCUT2D eigenvalue weighted by Gasteiger charge is 2.19. The van der Waals surface area contributed by atoms with Gasteiger partial charge in [0, 0.05) is 19.3 Å². The molecule has 0 spiro atoms. The fraction of sp³-hybridized carbons (Fsp3) is 0.627. The van der Waals surface area contributed by atoms with E-state index < -0.39 is 6.10 Å². The van der Waals surface area contributed by atoms with E-state index in [0.29, 0.717) is 19.3 Å². The fourth-order valence-electron chi connectivity index (χ4n) is 7.65. The summed E-state index contributed by atoms with van der Waals surface area (Å²) >= 11 is 0. The van der Waals surface area contributed by atoms with Crippen molar-refractivity contribution in [2.24, 2.45) is 0 Å². The van der Waals surface area contributed by atoms with Gasteiger partial charge in [-0.25, -0.2) is 0 Å². The van der Waals surface area contributed by atoms with E-state index in [1.165, 1.54) is 44.9 Å². The predicted molar refractivity (Wildman–Crippen MR) is 316 cm³/mol. The Labute approximate surface area is 449 Å². The molecule has 0 saturated carbocycles. The maximum atomic E-state index is 12.8. The normalized spacial score (nSPS) is 13.1. The van der Waals surface area contributed by atoms with Crippen molar-refractivity contribution in [1.82, 2.24) is 0 Å². The highest BCUT2D eigenvalue weighted by atomic mass is 16.6. The molecule has 412 valence electrons. The van der Waals surface area contributed by atoms with E-state index in [9.17, 15) is 14.4 Å². The summed E-state index contributed by atoms with van der Waals surface area (Å²) in [4.78, 5) is 38.1. The van der Waals surface area contributed by atoms with Gasteiger partial charge in [0.05, 0.1) is 0 Å². The number of unbranched alkanes of at least 4 members (excludes halogenated alkanes) is 19. The summed E-state index contributed by atoms with van der Waals surface area (Å²) in [6.45, 7) is 6.38. The minimum absolute atomic E-state index is 0.0961. The number of hydrogen-bond donors (Lipinski definition) is 0. The summed E-state index contributed by atoms with van der Waals surface area (Å²) in [5.74, 6) is -0.940. The van der Waals surface area contributed by atoms with E-state index >= 15 is 0 Å². The summed E-state index contributed by atoms with van der Waals surface area (Å²) in [7, 11) is 0. The third-order valence-corrected chi connectivity index (χ3v) is 12.1. The van der Waals surface area contributed by atoms with E-state index in [-0.39, 0.29) is 31.1 Å². The Morgan fingerprint density at radius 3 is 0.904 bits per heavy atom. The largest absolute Gasteiger partial charge is 0.462 e. The quantitative estimate of drug-likeness (QED) is 0.0261. The van der Waals surface area contributed by atoms with E-state index in [1.54, 1.807) is 0 Å². The van der Waals surface area contributed by atoms with Crippen LogP contribution in [0.1, 0.15) is 252 Å². The lowest BCUT2D eigenvalue weighted by atomic mass is 10.1. The minimum atomic E-state index is -0.798. The summed E-state index contributed by atoms with van der Waals surface area (Å²) in [6, 6.07) is 0. The molecule has 0 heterocycles. The average molecular weight is 1010 g/mol. The zero-order valence-corrected chi connectivity index (χ0v) is 47.1. The summed E-state index contributed by atoms with van der Waals surface area (Å²) in [5, 5.41) is 0. The topological polar surface area (TPSA) is 78.9 Å². The molecule has 0 aliphatic heterocycles. The van der Waals surface area contributed by atoms with E-state index in [0.717, 1.165) is 167 Å². The van der Waals surface area contributed by atoms with Crippen LogP contribution in [0.15, 0.2) is 134 Å². The number of carbonyl (C=O) groups excluding carboxylic acids is 3. The van der Waals surface area contributed by atoms with Gasteiger partial charge in [0.2, 0.25) is 0 Å². The molecule has 0 amide bonds. The van der Waals surface area contributed by atoms with Gasteiger partial charge in [-0.1, -0.05) is 238 Å². The first-order valence-electron chi connectivity index (χ1n) is 29.7. The highest BCUT2D eigenvalue weighted by molar-refractivity contribution is 5.71. The van der Waals surface area contributed by atoms with Crippen molar-refractivity contribution in [2.75, 3.05) is 13.2 Å². The number of carbonyl (C=O) groups is 3. The molecule has 0 aromatic rings. The van der Waals surface area contributed by atoms with Crippen molar-refractivity contribution in [1.29, 1.82) is 0 Å². The van der Waals surface area contributed by atoms with Crippen molar-refractivity contribution in [3.8, 4) is 0 Å². The third-order valence-electron chi connectivity index (χ3n) is 12.1. The summed E-state index contributed by atoms with van der Waals surface area (Å²) in [6.07, 6.45) is 84.5. The molecule has 0 aliphatic carbocycles. The number of hydrogen-bond acceptors (Lipinski definition) is 6. The van der Waals surface area contributed by atoms with Crippen LogP contribution in [0.2, 0.25) is 0 Å². The lowest BCUT2D eigenvalue weighted by Crippen LogP contribution is -2.30. The molecule has 0 aromatic heterocycles. The first-order chi connectivity index (χ1) is 36.0. The van der Waals surface area contributed by atoms with Crippen LogP contribution in [0.3, 0.4) is 0 Å². The zero-order chi connectivity index (χ0) is 52.9. The van der Waals surface area contributed by atoms with Crippen LogP contribution in [-0.2, 0) is 28.6 Å². The lowest BCUT2D eigenvalue weighted by molar-refractivity contribution is -0.167. The van der Waals surface area contributed by atoms with Crippen LogP contribution in [0.5, 0.6) is 0 Å². The Balaban J connectivity index is 4.28. The SMILES string of the molecule is CC/C=C\C/C=C\C/C=C\C/C=C\C/C=C\C/C=C\C/C=C\C/C=C\CCCCCCCCC(=O)OCC(COC(=O)CCCCCCC/C=C\CCCC)OC(=O)CCCCCCC/C=C\C/C=C\CCC. The molecular weight excluding hydrogens is 901 g/mol. The first-order valence-corrected chi connectivity index (χ1v) is 29.7. The monoisotopic (exact) mass is 1010 g/mol. The first kappa shape index (κ1) is 68.6. The van der Waals surface area contributed by atoms with Crippen LogP contribution in [0.4, 0.5) is 0 Å². The summed E-state index contributed by atoms with van der Waals surface area (Å²) < 4.78 is 16.8.